The number of benzene rings is 1. The summed E-state index contributed by atoms with van der Waals surface area (Å²) in [7, 11) is 0. The van der Waals surface area contributed by atoms with Crippen molar-refractivity contribution in [2.24, 2.45) is 5.92 Å². The molecular weight excluding hydrogens is 238 g/mol. The number of carbonyl (C=O) groups excluding carboxylic acids is 1. The molecule has 1 aromatic carbocycles. The van der Waals surface area contributed by atoms with E-state index in [1.807, 2.05) is 37.3 Å². The summed E-state index contributed by atoms with van der Waals surface area (Å²) in [6, 6.07) is 9.84. The minimum atomic E-state index is -0.0349. The Hall–Kier alpha value is -1.61. The Balaban J connectivity index is 2.13. The van der Waals surface area contributed by atoms with Crippen molar-refractivity contribution < 1.29 is 9.90 Å². The van der Waals surface area contributed by atoms with Gasteiger partial charge in [0.05, 0.1) is 12.6 Å². The van der Waals surface area contributed by atoms with Crippen molar-refractivity contribution in [3.63, 3.8) is 0 Å². The molecule has 1 aliphatic rings. The lowest BCUT2D eigenvalue weighted by atomic mass is 10.0. The predicted molar refractivity (Wildman–Crippen MR) is 76.5 cm³/mol. The first-order chi connectivity index (χ1) is 9.13. The second-order valence-corrected chi connectivity index (χ2v) is 5.24. The van der Waals surface area contributed by atoms with E-state index in [0.29, 0.717) is 5.92 Å². The molecule has 102 valence electrons. The summed E-state index contributed by atoms with van der Waals surface area (Å²) >= 11 is 0. The maximum Gasteiger partial charge on any atom is 0.247 e. The minimum Gasteiger partial charge on any atom is -0.394 e. The van der Waals surface area contributed by atoms with Crippen LogP contribution in [0.25, 0.3) is 5.57 Å². The Morgan fingerprint density at radius 1 is 1.42 bits per heavy atom. The van der Waals surface area contributed by atoms with Crippen molar-refractivity contribution in [3.8, 4) is 0 Å². The number of aliphatic hydroxyl groups is 1. The Morgan fingerprint density at radius 2 is 2.11 bits per heavy atom. The van der Waals surface area contributed by atoms with Gasteiger partial charge >= 0.3 is 0 Å². The third kappa shape index (κ3) is 3.04. The summed E-state index contributed by atoms with van der Waals surface area (Å²) in [5, 5.41) is 9.39. The molecule has 0 bridgehead atoms. The second kappa shape index (κ2) is 6.02. The highest BCUT2D eigenvalue weighted by molar-refractivity contribution is 5.95. The van der Waals surface area contributed by atoms with Crippen LogP contribution in [0.15, 0.2) is 36.4 Å². The molecular formula is C16H21NO2. The van der Waals surface area contributed by atoms with Gasteiger partial charge in [0.2, 0.25) is 5.91 Å². The SMILES string of the molecule is C/C(=C/C(=O)N1CCC(C)C1CO)c1ccccc1. The first-order valence-corrected chi connectivity index (χ1v) is 6.78. The van der Waals surface area contributed by atoms with Gasteiger partial charge in [0.15, 0.2) is 0 Å². The lowest BCUT2D eigenvalue weighted by molar-refractivity contribution is -0.127. The largest absolute Gasteiger partial charge is 0.394 e. The van der Waals surface area contributed by atoms with Crippen LogP contribution in [0.2, 0.25) is 0 Å². The highest BCUT2D eigenvalue weighted by Crippen LogP contribution is 2.24. The fourth-order valence-corrected chi connectivity index (χ4v) is 2.61. The van der Waals surface area contributed by atoms with Gasteiger partial charge in [-0.05, 0) is 30.4 Å². The molecule has 1 saturated heterocycles. The van der Waals surface area contributed by atoms with Gasteiger partial charge in [-0.25, -0.2) is 0 Å². The van der Waals surface area contributed by atoms with Gasteiger partial charge in [-0.1, -0.05) is 37.3 Å². The molecule has 19 heavy (non-hydrogen) atoms. The zero-order chi connectivity index (χ0) is 13.8. The van der Waals surface area contributed by atoms with E-state index in [2.05, 4.69) is 6.92 Å². The number of hydrogen-bond acceptors (Lipinski definition) is 2. The van der Waals surface area contributed by atoms with Crippen LogP contribution in [0.3, 0.4) is 0 Å². The zero-order valence-corrected chi connectivity index (χ0v) is 11.5. The number of amides is 1. The number of nitrogens with zero attached hydrogens (tertiary/aromatic N) is 1. The molecule has 1 amide bonds. The summed E-state index contributed by atoms with van der Waals surface area (Å²) in [6.45, 7) is 4.82. The van der Waals surface area contributed by atoms with Crippen LogP contribution < -0.4 is 0 Å². The topological polar surface area (TPSA) is 40.5 Å². The van der Waals surface area contributed by atoms with Crippen molar-refractivity contribution in [2.75, 3.05) is 13.2 Å². The quantitative estimate of drug-likeness (QED) is 0.846. The van der Waals surface area contributed by atoms with Crippen LogP contribution in [0.4, 0.5) is 0 Å². The van der Waals surface area contributed by atoms with E-state index in [1.54, 1.807) is 11.0 Å². The van der Waals surface area contributed by atoms with Crippen molar-refractivity contribution >= 4 is 11.5 Å². The predicted octanol–water partition coefficient (Wildman–Crippen LogP) is 2.32. The normalized spacial score (nSPS) is 23.7. The maximum atomic E-state index is 12.3. The molecule has 3 heteroatoms. The Morgan fingerprint density at radius 3 is 2.74 bits per heavy atom. The molecule has 0 saturated carbocycles. The first kappa shape index (κ1) is 13.8. The fraction of sp³-hybridized carbons (Fsp3) is 0.438. The lowest BCUT2D eigenvalue weighted by Gasteiger charge is -2.24. The van der Waals surface area contributed by atoms with Gasteiger partial charge in [0.1, 0.15) is 0 Å². The standard InChI is InChI=1S/C16H21NO2/c1-12-8-9-17(15(12)11-18)16(19)10-13(2)14-6-4-3-5-7-14/h3-7,10,12,15,18H,8-9,11H2,1-2H3/b13-10-. The van der Waals surface area contributed by atoms with Gasteiger partial charge in [-0.15, -0.1) is 0 Å². The van der Waals surface area contributed by atoms with E-state index >= 15 is 0 Å². The number of likely N-dealkylation sites (tertiary alicyclic amines) is 1. The summed E-state index contributed by atoms with van der Waals surface area (Å²) in [5.74, 6) is 0.379. The minimum absolute atomic E-state index is 0.00440. The van der Waals surface area contributed by atoms with Crippen LogP contribution in [0.5, 0.6) is 0 Å². The second-order valence-electron chi connectivity index (χ2n) is 5.24. The summed E-state index contributed by atoms with van der Waals surface area (Å²) < 4.78 is 0. The lowest BCUT2D eigenvalue weighted by Crippen LogP contribution is -2.39. The van der Waals surface area contributed by atoms with E-state index in [-0.39, 0.29) is 18.6 Å². The van der Waals surface area contributed by atoms with Crippen molar-refractivity contribution in [3.05, 3.63) is 42.0 Å². The summed E-state index contributed by atoms with van der Waals surface area (Å²) in [5.41, 5.74) is 2.02. The molecule has 0 aromatic heterocycles. The molecule has 0 spiro atoms. The Kier molecular flexibility index (Phi) is 4.38. The van der Waals surface area contributed by atoms with Crippen LogP contribution in [0, 0.1) is 5.92 Å². The number of carbonyl (C=O) groups is 1. The van der Waals surface area contributed by atoms with E-state index in [0.717, 1.165) is 24.1 Å². The third-order valence-electron chi connectivity index (χ3n) is 3.92. The number of aliphatic hydroxyl groups excluding tert-OH is 1. The molecule has 1 aromatic rings. The molecule has 2 rings (SSSR count). The first-order valence-electron chi connectivity index (χ1n) is 6.78. The van der Waals surface area contributed by atoms with Gasteiger partial charge in [0, 0.05) is 12.6 Å². The van der Waals surface area contributed by atoms with Crippen molar-refractivity contribution in [1.82, 2.24) is 4.90 Å². The van der Waals surface area contributed by atoms with E-state index in [4.69, 9.17) is 0 Å². The monoisotopic (exact) mass is 259 g/mol. The van der Waals surface area contributed by atoms with Crippen LogP contribution in [-0.4, -0.2) is 35.1 Å². The fourth-order valence-electron chi connectivity index (χ4n) is 2.61. The molecule has 3 nitrogen and oxygen atoms in total. The van der Waals surface area contributed by atoms with Crippen LogP contribution in [-0.2, 0) is 4.79 Å². The highest BCUT2D eigenvalue weighted by atomic mass is 16.3. The van der Waals surface area contributed by atoms with Crippen LogP contribution >= 0.6 is 0 Å². The molecule has 0 aliphatic carbocycles. The molecule has 1 aliphatic heterocycles. The Bertz CT molecular complexity index is 467. The highest BCUT2D eigenvalue weighted by Gasteiger charge is 2.32. The molecule has 2 unspecified atom stereocenters. The summed E-state index contributed by atoms with van der Waals surface area (Å²) in [4.78, 5) is 14.1. The molecule has 1 heterocycles. The van der Waals surface area contributed by atoms with Gasteiger partial charge in [-0.3, -0.25) is 4.79 Å². The van der Waals surface area contributed by atoms with E-state index < -0.39 is 0 Å². The Labute approximate surface area is 114 Å². The molecule has 1 N–H and O–H groups in total. The van der Waals surface area contributed by atoms with Crippen LogP contribution in [0.1, 0.15) is 25.8 Å². The number of hydrogen-bond donors (Lipinski definition) is 1. The van der Waals surface area contributed by atoms with E-state index in [9.17, 15) is 9.90 Å². The average Bonchev–Trinajstić information content (AvgIpc) is 2.80. The van der Waals surface area contributed by atoms with E-state index in [1.165, 1.54) is 0 Å². The number of rotatable bonds is 3. The third-order valence-corrected chi connectivity index (χ3v) is 3.92. The number of allylic oxidation sites excluding steroid dienone is 1. The van der Waals surface area contributed by atoms with Gasteiger partial charge in [-0.2, -0.15) is 0 Å². The van der Waals surface area contributed by atoms with Gasteiger partial charge < -0.3 is 10.0 Å². The summed E-state index contributed by atoms with van der Waals surface area (Å²) in [6.07, 6.45) is 2.64. The van der Waals surface area contributed by atoms with Crippen molar-refractivity contribution in [1.29, 1.82) is 0 Å². The molecule has 2 atom stereocenters. The van der Waals surface area contributed by atoms with Crippen molar-refractivity contribution in [2.45, 2.75) is 26.3 Å². The smallest absolute Gasteiger partial charge is 0.247 e. The molecule has 1 fully saturated rings. The molecule has 0 radical (unpaired) electrons. The zero-order valence-electron chi connectivity index (χ0n) is 11.5. The average molecular weight is 259 g/mol. The maximum absolute atomic E-state index is 12.3. The van der Waals surface area contributed by atoms with Gasteiger partial charge in [0.25, 0.3) is 0 Å².